The van der Waals surface area contributed by atoms with Gasteiger partial charge in [-0.1, -0.05) is 5.16 Å². The molecule has 5 heterocycles. The lowest BCUT2D eigenvalue weighted by atomic mass is 10.0. The van der Waals surface area contributed by atoms with Crippen molar-refractivity contribution in [1.29, 1.82) is 0 Å². The highest BCUT2D eigenvalue weighted by Crippen LogP contribution is 2.41. The number of rotatable bonds is 11. The number of thiazole rings is 1. The number of aliphatic carboxylic acids is 1. The maximum Gasteiger partial charge on any atom is 0.352 e. The molecule has 2 aliphatic heterocycles. The molecule has 40 heavy (non-hydrogen) atoms. The zero-order chi connectivity index (χ0) is 27.8. The Kier molecular flexibility index (Phi) is 7.07. The Morgan fingerprint density at radius 2 is 2.17 bits per heavy atom. The molecule has 19 heteroatoms. The van der Waals surface area contributed by atoms with E-state index >= 15 is 0 Å². The maximum absolute atomic E-state index is 13.2. The van der Waals surface area contributed by atoms with Gasteiger partial charge in [-0.2, -0.15) is 0 Å². The Morgan fingerprint density at radius 3 is 2.95 bits per heavy atom. The van der Waals surface area contributed by atoms with E-state index in [-0.39, 0.29) is 34.1 Å². The first-order valence-corrected chi connectivity index (χ1v) is 14.6. The van der Waals surface area contributed by atoms with Gasteiger partial charge in [0, 0.05) is 16.9 Å². The molecule has 6 rings (SSSR count). The quantitative estimate of drug-likeness (QED) is 0.0867. The highest BCUT2D eigenvalue weighted by Gasteiger charge is 2.54. The number of hydrogen-bond acceptors (Lipinski definition) is 14. The fourth-order valence-corrected chi connectivity index (χ4v) is 6.87. The lowest BCUT2D eigenvalue weighted by molar-refractivity contribution is -0.150. The molecule has 1 unspecified atom stereocenters. The second-order valence-electron chi connectivity index (χ2n) is 8.65. The van der Waals surface area contributed by atoms with Crippen LogP contribution in [0, 0.1) is 0 Å². The number of fused-ring (bicyclic) bond motifs is 2. The van der Waals surface area contributed by atoms with Crippen LogP contribution in [0.1, 0.15) is 18.5 Å². The topological polar surface area (TPSA) is 206 Å². The number of hydrogen-bond donors (Lipinski definition) is 3. The van der Waals surface area contributed by atoms with Crippen LogP contribution >= 0.6 is 34.9 Å². The standard InChI is InChI=1S/C21H18N10O6S3/c32-8-22-21-23-11(7-40-21)14(27-37-10-1-2-10)17(33)24-15-18(34)30-16(20(35)36)9(6-39-19(15)30)5-38-13-4-3-12-25-28-29-31(12)26-13/h3-4,7-8,10,15,19H,1-2,5-6H2,(H,24,33)(H,35,36)(H,22,23,32)/t15?,19-/m0/s1. The minimum atomic E-state index is -1.24. The second-order valence-corrected chi connectivity index (χ2v) is 11.6. The summed E-state index contributed by atoms with van der Waals surface area (Å²) in [6, 6.07) is 2.45. The summed E-state index contributed by atoms with van der Waals surface area (Å²) >= 11 is 3.74. The van der Waals surface area contributed by atoms with Gasteiger partial charge >= 0.3 is 5.97 Å². The summed E-state index contributed by atoms with van der Waals surface area (Å²) in [6.45, 7) is 0. The van der Waals surface area contributed by atoms with Crippen molar-refractivity contribution in [3.8, 4) is 0 Å². The predicted molar refractivity (Wildman–Crippen MR) is 141 cm³/mol. The average molecular weight is 603 g/mol. The van der Waals surface area contributed by atoms with E-state index in [9.17, 15) is 24.3 Å². The number of carboxylic acid groups (broad SMARTS) is 1. The van der Waals surface area contributed by atoms with Gasteiger partial charge in [-0.15, -0.1) is 49.7 Å². The van der Waals surface area contributed by atoms with Gasteiger partial charge in [0.15, 0.2) is 16.5 Å². The number of nitrogens with one attached hydrogen (secondary N) is 2. The number of β-lactam (4-membered cyclic amide) rings is 1. The first-order valence-electron chi connectivity index (χ1n) is 11.7. The van der Waals surface area contributed by atoms with E-state index in [1.54, 1.807) is 12.1 Å². The molecular weight excluding hydrogens is 584 g/mol. The number of tetrazole rings is 1. The van der Waals surface area contributed by atoms with E-state index in [1.165, 1.54) is 38.4 Å². The normalized spacial score (nSPS) is 20.6. The second kappa shape index (κ2) is 10.8. The van der Waals surface area contributed by atoms with Crippen molar-refractivity contribution < 1.29 is 29.1 Å². The molecule has 1 saturated heterocycles. The van der Waals surface area contributed by atoms with Gasteiger partial charge in [-0.3, -0.25) is 19.3 Å². The van der Waals surface area contributed by atoms with Crippen molar-refractivity contribution in [2.45, 2.75) is 35.4 Å². The average Bonchev–Trinajstić information content (AvgIpc) is 3.46. The zero-order valence-corrected chi connectivity index (χ0v) is 22.6. The number of thioether (sulfide) groups is 2. The molecule has 0 spiro atoms. The SMILES string of the molecule is O=CNc1nc(C(=NOC2CC2)C(=O)NC2C(=O)N3C(C(=O)O)=C(CSc4ccc5nnnn5n4)CS[C@@H]23)cs1. The van der Waals surface area contributed by atoms with Gasteiger partial charge < -0.3 is 20.6 Å². The van der Waals surface area contributed by atoms with Gasteiger partial charge in [-0.25, -0.2) is 9.78 Å². The van der Waals surface area contributed by atoms with E-state index < -0.39 is 29.2 Å². The van der Waals surface area contributed by atoms with E-state index in [1.807, 2.05) is 0 Å². The Morgan fingerprint density at radius 1 is 1.32 bits per heavy atom. The van der Waals surface area contributed by atoms with Crippen LogP contribution in [0.4, 0.5) is 5.13 Å². The molecule has 3 N–H and O–H groups in total. The fourth-order valence-electron chi connectivity index (χ4n) is 3.88. The van der Waals surface area contributed by atoms with Gasteiger partial charge in [0.2, 0.25) is 6.41 Å². The lowest BCUT2D eigenvalue weighted by Gasteiger charge is -2.49. The molecule has 2 atom stereocenters. The minimum Gasteiger partial charge on any atom is -0.477 e. The summed E-state index contributed by atoms with van der Waals surface area (Å²) in [7, 11) is 0. The van der Waals surface area contributed by atoms with E-state index in [4.69, 9.17) is 4.84 Å². The van der Waals surface area contributed by atoms with E-state index in [0.717, 1.165) is 24.2 Å². The van der Waals surface area contributed by atoms with Crippen molar-refractivity contribution in [3.63, 3.8) is 0 Å². The number of nitrogens with zero attached hydrogens (tertiary/aromatic N) is 8. The van der Waals surface area contributed by atoms with E-state index in [0.29, 0.717) is 28.4 Å². The molecule has 2 fully saturated rings. The monoisotopic (exact) mass is 602 g/mol. The summed E-state index contributed by atoms with van der Waals surface area (Å²) in [5.41, 5.74) is 0.947. The van der Waals surface area contributed by atoms with Gasteiger partial charge in [0.05, 0.1) is 0 Å². The van der Waals surface area contributed by atoms with Crippen molar-refractivity contribution >= 4 is 75.5 Å². The largest absolute Gasteiger partial charge is 0.477 e. The number of carbonyl (C=O) groups excluding carboxylic acids is 3. The summed E-state index contributed by atoms with van der Waals surface area (Å²) in [5, 5.41) is 36.1. The number of carboxylic acids is 1. The fraction of sp³-hybridized carbons (Fsp3) is 0.333. The maximum atomic E-state index is 13.2. The zero-order valence-electron chi connectivity index (χ0n) is 20.2. The third-order valence-corrected chi connectivity index (χ3v) is 9.06. The van der Waals surface area contributed by atoms with Crippen LogP contribution < -0.4 is 10.6 Å². The molecule has 3 aromatic heterocycles. The summed E-state index contributed by atoms with van der Waals surface area (Å²) in [4.78, 5) is 60.0. The summed E-state index contributed by atoms with van der Waals surface area (Å²) in [6.07, 6.45) is 2.00. The summed E-state index contributed by atoms with van der Waals surface area (Å²) < 4.78 is 1.27. The number of aromatic nitrogens is 6. The Labute approximate surface area is 236 Å². The van der Waals surface area contributed by atoms with Gasteiger partial charge in [0.1, 0.15) is 33.9 Å². The van der Waals surface area contributed by atoms with Gasteiger partial charge in [-0.05, 0) is 41.0 Å². The Balaban J connectivity index is 1.16. The molecule has 16 nitrogen and oxygen atoms in total. The van der Waals surface area contributed by atoms with Crippen LogP contribution in [0.25, 0.3) is 5.65 Å². The molecule has 0 bridgehead atoms. The van der Waals surface area contributed by atoms with Crippen LogP contribution in [0.5, 0.6) is 0 Å². The molecule has 0 aromatic carbocycles. The molecule has 206 valence electrons. The Hall–Kier alpha value is -4.10. The predicted octanol–water partition coefficient (Wildman–Crippen LogP) is -0.0419. The third-order valence-electron chi connectivity index (χ3n) is 5.94. The van der Waals surface area contributed by atoms with Crippen LogP contribution in [-0.2, 0) is 24.0 Å². The molecule has 1 saturated carbocycles. The number of carbonyl (C=O) groups is 4. The first-order chi connectivity index (χ1) is 19.4. The molecule has 3 aliphatic rings. The van der Waals surface area contributed by atoms with Crippen LogP contribution in [0.3, 0.4) is 0 Å². The van der Waals surface area contributed by atoms with Crippen molar-refractivity contribution in [3.05, 3.63) is 34.5 Å². The van der Waals surface area contributed by atoms with Crippen molar-refractivity contribution in [1.82, 2.24) is 40.5 Å². The highest BCUT2D eigenvalue weighted by atomic mass is 32.2. The van der Waals surface area contributed by atoms with Crippen LogP contribution in [0.2, 0.25) is 0 Å². The van der Waals surface area contributed by atoms with E-state index in [2.05, 4.69) is 41.4 Å². The smallest absolute Gasteiger partial charge is 0.352 e. The first kappa shape index (κ1) is 26.1. The molecule has 3 aromatic rings. The van der Waals surface area contributed by atoms with Gasteiger partial charge in [0.25, 0.3) is 11.8 Å². The number of amides is 3. The third kappa shape index (κ3) is 5.09. The van der Waals surface area contributed by atoms with Crippen molar-refractivity contribution in [2.24, 2.45) is 5.16 Å². The van der Waals surface area contributed by atoms with Crippen molar-refractivity contribution in [2.75, 3.05) is 16.8 Å². The number of oxime groups is 1. The molecular formula is C21H18N10O6S3. The highest BCUT2D eigenvalue weighted by molar-refractivity contribution is 8.01. The van der Waals surface area contributed by atoms with Crippen LogP contribution in [0.15, 0.2) is 39.0 Å². The van der Waals surface area contributed by atoms with Crippen LogP contribution in [-0.4, -0.2) is 99.2 Å². The summed E-state index contributed by atoms with van der Waals surface area (Å²) in [5.74, 6) is -1.88. The molecule has 1 aliphatic carbocycles. The molecule has 0 radical (unpaired) electrons. The minimum absolute atomic E-state index is 0.0896. The molecule has 3 amide bonds. The lowest BCUT2D eigenvalue weighted by Crippen LogP contribution is -2.71. The Bertz CT molecular complexity index is 1580. The number of anilines is 1.